The Kier molecular flexibility index (Phi) is 11.5. The number of phenols is 1. The van der Waals surface area contributed by atoms with Gasteiger partial charge in [-0.2, -0.15) is 0 Å². The molecular weight excluding hydrogens is 913 g/mol. The third-order valence-electron chi connectivity index (χ3n) is 13.3. The van der Waals surface area contributed by atoms with Crippen LogP contribution in [0.25, 0.3) is 122 Å². The van der Waals surface area contributed by atoms with Crippen LogP contribution in [-0.4, -0.2) is 51.3 Å². The molecule has 0 fully saturated rings. The van der Waals surface area contributed by atoms with Gasteiger partial charge in [-0.25, -0.2) is 19.9 Å². The van der Waals surface area contributed by atoms with E-state index in [-0.39, 0.29) is 13.2 Å². The van der Waals surface area contributed by atoms with Gasteiger partial charge in [0, 0.05) is 67.6 Å². The molecule has 6 heterocycles. The van der Waals surface area contributed by atoms with Crippen molar-refractivity contribution < 1.29 is 9.84 Å². The zero-order valence-corrected chi connectivity index (χ0v) is 39.4. The largest absolute Gasteiger partial charge is 0.506 e. The van der Waals surface area contributed by atoms with Crippen LogP contribution >= 0.6 is 0 Å². The van der Waals surface area contributed by atoms with Crippen LogP contribution in [0.3, 0.4) is 0 Å². The molecule has 74 heavy (non-hydrogen) atoms. The molecule has 10 heteroatoms. The second kappa shape index (κ2) is 18.9. The predicted octanol–water partition coefficient (Wildman–Crippen LogP) is 15.3. The summed E-state index contributed by atoms with van der Waals surface area (Å²) in [6.07, 6.45) is 3.61. The Morgan fingerprint density at radius 1 is 0.365 bits per heavy atom. The van der Waals surface area contributed by atoms with Gasteiger partial charge in [0.05, 0.1) is 51.6 Å². The Bertz CT molecular complexity index is 4370. The second-order valence-electron chi connectivity index (χ2n) is 17.6. The third kappa shape index (κ3) is 7.78. The highest BCUT2D eigenvalue weighted by molar-refractivity contribution is 6.06. The molecule has 0 saturated carbocycles. The average Bonchev–Trinajstić information content (AvgIpc) is 4.08. The highest BCUT2D eigenvalue weighted by Gasteiger charge is 2.24. The van der Waals surface area contributed by atoms with E-state index in [0.29, 0.717) is 5.52 Å². The molecule has 8 aromatic carbocycles. The first kappa shape index (κ1) is 45.1. The summed E-state index contributed by atoms with van der Waals surface area (Å²) >= 11 is 0. The van der Waals surface area contributed by atoms with E-state index >= 15 is 0 Å². The fourth-order valence-electron chi connectivity index (χ4n) is 9.87. The number of rotatable bonds is 7. The van der Waals surface area contributed by atoms with E-state index in [1.807, 2.05) is 140 Å². The Labute approximate surface area is 426 Å². The Balaban J connectivity index is 0.000000148. The lowest BCUT2D eigenvalue weighted by atomic mass is 10.1. The topological polar surface area (TPSA) is 117 Å². The molecule has 0 bridgehead atoms. The van der Waals surface area contributed by atoms with E-state index in [4.69, 9.17) is 24.7 Å². The summed E-state index contributed by atoms with van der Waals surface area (Å²) in [5.41, 5.74) is 14.1. The molecule has 14 rings (SSSR count). The van der Waals surface area contributed by atoms with Crippen LogP contribution in [0.15, 0.2) is 231 Å². The lowest BCUT2D eigenvalue weighted by molar-refractivity contribution is 0.419. The summed E-state index contributed by atoms with van der Waals surface area (Å²) < 4.78 is 10.1. The molecule has 1 N–H and O–H groups in total. The average molecular weight is 959 g/mol. The lowest BCUT2D eigenvalue weighted by Crippen LogP contribution is -1.99. The van der Waals surface area contributed by atoms with E-state index < -0.39 is 0 Å². The smallest absolute Gasteiger partial charge is 0.146 e. The number of ether oxygens (including phenoxy) is 1. The number of phenolic OH excluding ortho intramolecular Hbond substituents is 1. The van der Waals surface area contributed by atoms with Gasteiger partial charge in [-0.1, -0.05) is 153 Å². The minimum Gasteiger partial charge on any atom is -0.506 e. The maximum absolute atomic E-state index is 10.9. The molecule has 0 atom stereocenters. The molecular formula is C64H46N8O2. The molecule has 0 saturated heterocycles. The number of benzene rings is 8. The first-order valence-corrected chi connectivity index (χ1v) is 23.9. The highest BCUT2D eigenvalue weighted by atomic mass is 16.5. The number of para-hydroxylation sites is 2. The van der Waals surface area contributed by atoms with E-state index in [2.05, 4.69) is 98.0 Å². The maximum atomic E-state index is 10.9. The van der Waals surface area contributed by atoms with Crippen molar-refractivity contribution in [2.24, 2.45) is 0 Å². The summed E-state index contributed by atoms with van der Waals surface area (Å²) in [6.45, 7) is 0. The Hall–Kier alpha value is -10.1. The van der Waals surface area contributed by atoms with Crippen LogP contribution in [0, 0.1) is 0 Å². The van der Waals surface area contributed by atoms with Gasteiger partial charge in [-0.3, -0.25) is 19.1 Å². The summed E-state index contributed by atoms with van der Waals surface area (Å²) in [5.74, 6) is 2.46. The number of hydrogen-bond donors (Lipinski definition) is 1. The number of aromatic nitrogens is 8. The Morgan fingerprint density at radius 2 is 0.770 bits per heavy atom. The number of methoxy groups -OCH3 is 1. The van der Waals surface area contributed by atoms with Gasteiger partial charge in [-0.05, 0) is 72.8 Å². The van der Waals surface area contributed by atoms with E-state index in [9.17, 15) is 5.11 Å². The van der Waals surface area contributed by atoms with Gasteiger partial charge in [0.15, 0.2) is 0 Å². The van der Waals surface area contributed by atoms with Gasteiger partial charge in [0.2, 0.25) is 0 Å². The van der Waals surface area contributed by atoms with Crippen LogP contribution in [0.4, 0.5) is 0 Å². The lowest BCUT2D eigenvalue weighted by Gasteiger charge is -2.13. The molecule has 10 nitrogen and oxygen atoms in total. The zero-order chi connectivity index (χ0) is 48.8. The molecule has 0 amide bonds. The van der Waals surface area contributed by atoms with E-state index in [1.165, 1.54) is 0 Å². The van der Waals surface area contributed by atoms with Crippen LogP contribution < -0.4 is 4.74 Å². The first-order valence-electron chi connectivity index (χ1n) is 23.9. The van der Waals surface area contributed by atoms with Crippen LogP contribution in [-0.2, 0) is 0 Å². The fraction of sp³-hybridized carbons (Fsp3) is 0.0312. The van der Waals surface area contributed by atoms with Gasteiger partial charge < -0.3 is 9.84 Å². The molecule has 6 aromatic heterocycles. The van der Waals surface area contributed by atoms with Gasteiger partial charge in [-0.15, -0.1) is 0 Å². The summed E-state index contributed by atoms with van der Waals surface area (Å²) in [7, 11) is 1.68. The number of imidazole rings is 2. The van der Waals surface area contributed by atoms with Crippen LogP contribution in [0.2, 0.25) is 0 Å². The van der Waals surface area contributed by atoms with Crippen molar-refractivity contribution >= 4 is 65.7 Å². The number of hydrogen-bond acceptors (Lipinski definition) is 8. The van der Waals surface area contributed by atoms with Crippen molar-refractivity contribution in [3.63, 3.8) is 0 Å². The summed E-state index contributed by atoms with van der Waals surface area (Å²) in [6, 6.07) is 73.0. The first-order chi connectivity index (χ1) is 36.1. The Morgan fingerprint density at radius 3 is 1.24 bits per heavy atom. The molecule has 354 valence electrons. The number of fused-ring (bicyclic) bond motifs is 8. The predicted molar refractivity (Wildman–Crippen MR) is 300 cm³/mol. The minimum atomic E-state index is 0. The standard InChI is InChI=1S/C32H22N4O.C31H20N4O.CH4/c1-37-27-19-17-25(26-18-16-22-15-14-21-11-8-20-33-28(21)29(22)34-26)31-30(27)35-32(23-9-4-2-5-10-23)36(31)24-12-6-3-7-13-24;36-26-18-16-24(25-17-15-21-14-13-20-10-7-19-32-27(20)28(21)33-25)30-29(26)34-31(22-8-3-1-4-9-22)35(30)23-11-5-2-6-12-23;/h2-20H,1H3;1-19,36H;1H4. The second-order valence-corrected chi connectivity index (χ2v) is 17.6. The quantitative estimate of drug-likeness (QED) is 0.157. The highest BCUT2D eigenvalue weighted by Crippen LogP contribution is 2.41. The molecule has 0 unspecified atom stereocenters. The molecule has 0 aliphatic carbocycles. The van der Waals surface area contributed by atoms with Gasteiger partial charge >= 0.3 is 0 Å². The SMILES string of the molecule is C.COc1ccc(-c2ccc3ccc4cccnc4c3n2)c2c1nc(-c1ccccc1)n2-c1ccccc1.Oc1ccc(-c2ccc3ccc4cccnc4c3n2)c2c1nc(-c1ccccc1)n2-c1ccccc1. The monoisotopic (exact) mass is 958 g/mol. The number of nitrogens with zero attached hydrogens (tertiary/aromatic N) is 8. The maximum Gasteiger partial charge on any atom is 0.146 e. The van der Waals surface area contributed by atoms with E-state index in [1.54, 1.807) is 19.4 Å². The summed E-state index contributed by atoms with van der Waals surface area (Å²) in [5, 5.41) is 15.1. The molecule has 0 aliphatic rings. The fourth-order valence-corrected chi connectivity index (χ4v) is 9.87. The van der Waals surface area contributed by atoms with Crippen molar-refractivity contribution in [3.05, 3.63) is 231 Å². The van der Waals surface area contributed by atoms with Crippen molar-refractivity contribution in [1.29, 1.82) is 0 Å². The molecule has 0 spiro atoms. The zero-order valence-electron chi connectivity index (χ0n) is 39.4. The molecule has 0 aliphatic heterocycles. The van der Waals surface area contributed by atoms with Crippen molar-refractivity contribution in [2.45, 2.75) is 7.43 Å². The van der Waals surface area contributed by atoms with Gasteiger partial charge in [0.25, 0.3) is 0 Å². The number of aromatic hydroxyl groups is 1. The van der Waals surface area contributed by atoms with Crippen molar-refractivity contribution in [2.75, 3.05) is 7.11 Å². The molecule has 14 aromatic rings. The third-order valence-corrected chi connectivity index (χ3v) is 13.3. The minimum absolute atomic E-state index is 0. The summed E-state index contributed by atoms with van der Waals surface area (Å²) in [4.78, 5) is 29.5. The van der Waals surface area contributed by atoms with Crippen LogP contribution in [0.1, 0.15) is 7.43 Å². The van der Waals surface area contributed by atoms with Crippen molar-refractivity contribution in [3.8, 4) is 68.2 Å². The normalized spacial score (nSPS) is 11.3. The molecule has 0 radical (unpaired) electrons. The van der Waals surface area contributed by atoms with Gasteiger partial charge in [0.1, 0.15) is 34.2 Å². The van der Waals surface area contributed by atoms with Crippen molar-refractivity contribution in [1.82, 2.24) is 39.0 Å². The number of pyridine rings is 4. The van der Waals surface area contributed by atoms with Crippen LogP contribution in [0.5, 0.6) is 11.5 Å². The van der Waals surface area contributed by atoms with E-state index in [0.717, 1.165) is 123 Å².